The quantitative estimate of drug-likeness (QED) is 0.553. The largest absolute Gasteiger partial charge is 0.392 e. The molecule has 0 spiro atoms. The molecule has 0 aromatic rings. The molecule has 0 rings (SSSR count). The molecule has 1 amide bonds. The van der Waals surface area contributed by atoms with Gasteiger partial charge in [-0.25, -0.2) is 0 Å². The Morgan fingerprint density at radius 1 is 1.60 bits per heavy atom. The Bertz CT molecular complexity index is 150. The molecule has 58 valence electrons. The van der Waals surface area contributed by atoms with E-state index < -0.39 is 0 Å². The number of carbonyl (C=O) groups excluding carboxylic acids is 1. The number of likely N-dealkylation sites (N-methyl/N-ethyl adjacent to an activating group) is 1. The highest BCUT2D eigenvalue weighted by Gasteiger charge is 1.98. The van der Waals surface area contributed by atoms with Gasteiger partial charge in [-0.3, -0.25) is 4.79 Å². The number of aliphatic hydroxyl groups excluding tert-OH is 1. The van der Waals surface area contributed by atoms with Crippen molar-refractivity contribution < 1.29 is 9.90 Å². The third-order valence-electron chi connectivity index (χ3n) is 1.06. The van der Waals surface area contributed by atoms with E-state index >= 15 is 0 Å². The fourth-order valence-corrected chi connectivity index (χ4v) is 0.386. The van der Waals surface area contributed by atoms with Gasteiger partial charge in [0, 0.05) is 20.2 Å². The highest BCUT2D eigenvalue weighted by Crippen LogP contribution is 1.91. The van der Waals surface area contributed by atoms with Crippen molar-refractivity contribution in [2.75, 3.05) is 20.7 Å². The number of aliphatic hydroxyl groups is 1. The zero-order chi connectivity index (χ0) is 8.15. The molecule has 0 bridgehead atoms. The minimum absolute atomic E-state index is 0.0560. The molecule has 0 aliphatic rings. The molecule has 0 aliphatic heterocycles. The minimum atomic E-state index is -0.0912. The predicted molar refractivity (Wildman–Crippen MR) is 39.5 cm³/mol. The predicted octanol–water partition coefficient (Wildman–Crippen LogP) is 0.0132. The van der Waals surface area contributed by atoms with E-state index in [1.165, 1.54) is 11.0 Å². The maximum absolute atomic E-state index is 10.9. The molecule has 1 N–H and O–H groups in total. The van der Waals surface area contributed by atoms with Crippen molar-refractivity contribution >= 4 is 5.91 Å². The Hall–Kier alpha value is -0.830. The first-order chi connectivity index (χ1) is 4.57. The second-order valence-corrected chi connectivity index (χ2v) is 2.38. The van der Waals surface area contributed by atoms with E-state index in [0.717, 1.165) is 0 Å². The van der Waals surface area contributed by atoms with Gasteiger partial charge in [-0.05, 0) is 12.5 Å². The van der Waals surface area contributed by atoms with Crippen molar-refractivity contribution in [3.05, 3.63) is 11.6 Å². The number of carbonyl (C=O) groups is 1. The van der Waals surface area contributed by atoms with Crippen molar-refractivity contribution in [1.29, 1.82) is 0 Å². The van der Waals surface area contributed by atoms with Crippen LogP contribution in [-0.2, 0) is 4.79 Å². The van der Waals surface area contributed by atoms with Gasteiger partial charge in [-0.1, -0.05) is 0 Å². The van der Waals surface area contributed by atoms with E-state index in [4.69, 9.17) is 5.11 Å². The summed E-state index contributed by atoms with van der Waals surface area (Å²) >= 11 is 0. The van der Waals surface area contributed by atoms with Crippen LogP contribution in [0.2, 0.25) is 0 Å². The molecule has 3 nitrogen and oxygen atoms in total. The van der Waals surface area contributed by atoms with E-state index in [-0.39, 0.29) is 12.5 Å². The van der Waals surface area contributed by atoms with Gasteiger partial charge in [0.05, 0.1) is 6.61 Å². The van der Waals surface area contributed by atoms with Crippen molar-refractivity contribution in [2.45, 2.75) is 6.92 Å². The van der Waals surface area contributed by atoms with Crippen LogP contribution >= 0.6 is 0 Å². The first-order valence-corrected chi connectivity index (χ1v) is 3.07. The topological polar surface area (TPSA) is 40.5 Å². The van der Waals surface area contributed by atoms with Gasteiger partial charge >= 0.3 is 0 Å². The Morgan fingerprint density at radius 3 is 2.40 bits per heavy atom. The Kier molecular flexibility index (Phi) is 3.72. The lowest BCUT2D eigenvalue weighted by Crippen LogP contribution is -2.19. The molecule has 0 heterocycles. The van der Waals surface area contributed by atoms with Crippen LogP contribution in [-0.4, -0.2) is 36.6 Å². The van der Waals surface area contributed by atoms with Crippen LogP contribution in [0.3, 0.4) is 0 Å². The summed E-state index contributed by atoms with van der Waals surface area (Å²) < 4.78 is 0. The van der Waals surface area contributed by atoms with E-state index in [0.29, 0.717) is 5.57 Å². The zero-order valence-electron chi connectivity index (χ0n) is 6.59. The summed E-state index contributed by atoms with van der Waals surface area (Å²) in [5.41, 5.74) is 0.679. The molecule has 0 saturated carbocycles. The number of rotatable bonds is 2. The van der Waals surface area contributed by atoms with Crippen LogP contribution in [0.1, 0.15) is 6.92 Å². The molecule has 10 heavy (non-hydrogen) atoms. The summed E-state index contributed by atoms with van der Waals surface area (Å²) in [5.74, 6) is -0.0912. The monoisotopic (exact) mass is 143 g/mol. The van der Waals surface area contributed by atoms with Crippen LogP contribution in [0.15, 0.2) is 11.6 Å². The van der Waals surface area contributed by atoms with Gasteiger partial charge in [0.2, 0.25) is 5.91 Å². The number of hydrogen-bond acceptors (Lipinski definition) is 2. The van der Waals surface area contributed by atoms with E-state index in [1.54, 1.807) is 21.0 Å². The molecular formula is C7H13NO2. The average molecular weight is 143 g/mol. The summed E-state index contributed by atoms with van der Waals surface area (Å²) in [6.07, 6.45) is 1.42. The number of nitrogens with zero attached hydrogens (tertiary/aromatic N) is 1. The van der Waals surface area contributed by atoms with Crippen LogP contribution in [0.25, 0.3) is 0 Å². The number of hydrogen-bond donors (Lipinski definition) is 1. The average Bonchev–Trinajstić information content (AvgIpc) is 1.87. The van der Waals surface area contributed by atoms with Gasteiger partial charge in [-0.15, -0.1) is 0 Å². The molecule has 0 radical (unpaired) electrons. The maximum Gasteiger partial charge on any atom is 0.246 e. The molecule has 0 atom stereocenters. The van der Waals surface area contributed by atoms with Crippen molar-refractivity contribution in [1.82, 2.24) is 4.90 Å². The summed E-state index contributed by atoms with van der Waals surface area (Å²) in [6, 6.07) is 0. The highest BCUT2D eigenvalue weighted by atomic mass is 16.3. The smallest absolute Gasteiger partial charge is 0.246 e. The van der Waals surface area contributed by atoms with E-state index in [2.05, 4.69) is 0 Å². The molecule has 3 heteroatoms. The first-order valence-electron chi connectivity index (χ1n) is 3.07. The third-order valence-corrected chi connectivity index (χ3v) is 1.06. The van der Waals surface area contributed by atoms with Crippen molar-refractivity contribution in [3.8, 4) is 0 Å². The maximum atomic E-state index is 10.9. The molecule has 0 aromatic carbocycles. The van der Waals surface area contributed by atoms with Crippen LogP contribution in [0.4, 0.5) is 0 Å². The van der Waals surface area contributed by atoms with Crippen LogP contribution in [0, 0.1) is 0 Å². The van der Waals surface area contributed by atoms with Gasteiger partial charge in [0.1, 0.15) is 0 Å². The lowest BCUT2D eigenvalue weighted by molar-refractivity contribution is -0.123. The molecule has 0 aliphatic carbocycles. The molecule has 0 unspecified atom stereocenters. The summed E-state index contributed by atoms with van der Waals surface area (Å²) in [6.45, 7) is 1.65. The summed E-state index contributed by atoms with van der Waals surface area (Å²) in [7, 11) is 3.34. The standard InChI is InChI=1S/C7H13NO2/c1-6(5-9)4-7(10)8(2)3/h4,9H,5H2,1-3H3/b6-4+. The lowest BCUT2D eigenvalue weighted by atomic mass is 10.3. The fraction of sp³-hybridized carbons (Fsp3) is 0.571. The lowest BCUT2D eigenvalue weighted by Gasteiger charge is -2.06. The van der Waals surface area contributed by atoms with Crippen LogP contribution < -0.4 is 0 Å². The Morgan fingerprint density at radius 2 is 2.10 bits per heavy atom. The normalized spacial score (nSPS) is 11.4. The van der Waals surface area contributed by atoms with Gasteiger partial charge < -0.3 is 10.0 Å². The SMILES string of the molecule is C/C(=C\C(=O)N(C)C)CO. The Labute approximate surface area is 61.0 Å². The number of amides is 1. The fourth-order valence-electron chi connectivity index (χ4n) is 0.386. The van der Waals surface area contributed by atoms with Crippen LogP contribution in [0.5, 0.6) is 0 Å². The first kappa shape index (κ1) is 9.17. The second-order valence-electron chi connectivity index (χ2n) is 2.38. The molecule has 0 saturated heterocycles. The highest BCUT2D eigenvalue weighted by molar-refractivity contribution is 5.87. The third kappa shape index (κ3) is 3.25. The zero-order valence-corrected chi connectivity index (χ0v) is 6.59. The Balaban J connectivity index is 4.00. The summed E-state index contributed by atoms with van der Waals surface area (Å²) in [5, 5.41) is 8.53. The van der Waals surface area contributed by atoms with Gasteiger partial charge in [0.15, 0.2) is 0 Å². The van der Waals surface area contributed by atoms with E-state index in [9.17, 15) is 4.79 Å². The summed E-state index contributed by atoms with van der Waals surface area (Å²) in [4.78, 5) is 12.3. The van der Waals surface area contributed by atoms with Crippen molar-refractivity contribution in [3.63, 3.8) is 0 Å². The van der Waals surface area contributed by atoms with Gasteiger partial charge in [-0.2, -0.15) is 0 Å². The molecular weight excluding hydrogens is 130 g/mol. The van der Waals surface area contributed by atoms with Crippen molar-refractivity contribution in [2.24, 2.45) is 0 Å². The second kappa shape index (κ2) is 4.06. The molecule has 0 fully saturated rings. The molecule has 0 aromatic heterocycles. The minimum Gasteiger partial charge on any atom is -0.392 e. The van der Waals surface area contributed by atoms with E-state index in [1.807, 2.05) is 0 Å². The van der Waals surface area contributed by atoms with Gasteiger partial charge in [0.25, 0.3) is 0 Å².